The fourth-order valence-electron chi connectivity index (χ4n) is 1.40. The van der Waals surface area contributed by atoms with Gasteiger partial charge < -0.3 is 0 Å². The average Bonchev–Trinajstić information content (AvgIpc) is 2.50. The lowest BCUT2D eigenvalue weighted by Crippen LogP contribution is -1.94. The number of hydrogen-bond acceptors (Lipinski definition) is 2. The van der Waals surface area contributed by atoms with Crippen molar-refractivity contribution >= 4 is 15.9 Å². The molecular weight excluding hydrogens is 261 g/mol. The number of rotatable bonds is 1. The molecule has 0 unspecified atom stereocenters. The molecule has 0 atom stereocenters. The molecule has 15 heavy (non-hydrogen) atoms. The van der Waals surface area contributed by atoms with Crippen LogP contribution in [0.25, 0.3) is 11.4 Å². The summed E-state index contributed by atoms with van der Waals surface area (Å²) in [4.78, 5) is 4.26. The van der Waals surface area contributed by atoms with Crippen LogP contribution in [-0.4, -0.2) is 14.8 Å². The quantitative estimate of drug-likeness (QED) is 0.797. The van der Waals surface area contributed by atoms with Gasteiger partial charge in [-0.1, -0.05) is 0 Å². The maximum atomic E-state index is 13.0. The average molecular weight is 270 g/mol. The minimum absolute atomic E-state index is 0.280. The van der Waals surface area contributed by atoms with Crippen molar-refractivity contribution in [1.29, 1.82) is 0 Å². The second-order valence-electron chi connectivity index (χ2n) is 3.24. The highest BCUT2D eigenvalue weighted by Crippen LogP contribution is 2.23. The van der Waals surface area contributed by atoms with Crippen LogP contribution in [0, 0.1) is 12.7 Å². The monoisotopic (exact) mass is 269 g/mol. The first kappa shape index (κ1) is 10.3. The molecule has 1 heterocycles. The summed E-state index contributed by atoms with van der Waals surface area (Å²) >= 11 is 3.14. The fraction of sp³-hybridized carbons (Fsp3) is 0.200. The van der Waals surface area contributed by atoms with Gasteiger partial charge in [0.2, 0.25) is 0 Å². The first-order valence-corrected chi connectivity index (χ1v) is 5.20. The second-order valence-corrected chi connectivity index (χ2v) is 4.09. The molecule has 0 amide bonds. The van der Waals surface area contributed by atoms with Crippen LogP contribution in [0.3, 0.4) is 0 Å². The molecule has 0 radical (unpaired) electrons. The van der Waals surface area contributed by atoms with E-state index in [-0.39, 0.29) is 5.82 Å². The zero-order chi connectivity index (χ0) is 11.0. The number of benzene rings is 1. The van der Waals surface area contributed by atoms with Gasteiger partial charge in [0, 0.05) is 12.6 Å². The lowest BCUT2D eigenvalue weighted by atomic mass is 10.2. The van der Waals surface area contributed by atoms with Crippen LogP contribution in [0.15, 0.2) is 22.7 Å². The maximum Gasteiger partial charge on any atom is 0.158 e. The second kappa shape index (κ2) is 3.73. The molecule has 2 aromatic rings. The van der Waals surface area contributed by atoms with Crippen LogP contribution >= 0.6 is 15.9 Å². The first-order chi connectivity index (χ1) is 7.08. The molecule has 2 rings (SSSR count). The van der Waals surface area contributed by atoms with Crippen molar-refractivity contribution in [2.24, 2.45) is 7.05 Å². The zero-order valence-electron chi connectivity index (χ0n) is 8.33. The van der Waals surface area contributed by atoms with Crippen LogP contribution in [0.1, 0.15) is 5.82 Å². The van der Waals surface area contributed by atoms with E-state index >= 15 is 0 Å². The van der Waals surface area contributed by atoms with Gasteiger partial charge in [-0.2, -0.15) is 5.10 Å². The van der Waals surface area contributed by atoms with E-state index in [2.05, 4.69) is 26.0 Å². The van der Waals surface area contributed by atoms with E-state index in [0.717, 1.165) is 11.4 Å². The van der Waals surface area contributed by atoms with Gasteiger partial charge in [-0.3, -0.25) is 0 Å². The SMILES string of the molecule is Cc1nc(-c2ccc(F)c(Br)c2)n(C)n1. The molecule has 3 nitrogen and oxygen atoms in total. The minimum Gasteiger partial charge on any atom is -0.249 e. The predicted molar refractivity (Wildman–Crippen MR) is 58.8 cm³/mol. The van der Waals surface area contributed by atoms with Crippen molar-refractivity contribution in [3.05, 3.63) is 34.3 Å². The Labute approximate surface area is 95.1 Å². The van der Waals surface area contributed by atoms with Gasteiger partial charge in [0.1, 0.15) is 11.6 Å². The van der Waals surface area contributed by atoms with Gasteiger partial charge in [0.05, 0.1) is 4.47 Å². The van der Waals surface area contributed by atoms with Crippen LogP contribution in [-0.2, 0) is 7.05 Å². The molecule has 0 bridgehead atoms. The van der Waals surface area contributed by atoms with Crippen molar-refractivity contribution in [3.63, 3.8) is 0 Å². The lowest BCUT2D eigenvalue weighted by molar-refractivity contribution is 0.621. The van der Waals surface area contributed by atoms with Gasteiger partial charge in [-0.15, -0.1) is 0 Å². The number of nitrogens with zero attached hydrogens (tertiary/aromatic N) is 3. The summed E-state index contributed by atoms with van der Waals surface area (Å²) in [6, 6.07) is 4.78. The molecule has 1 aromatic heterocycles. The summed E-state index contributed by atoms with van der Waals surface area (Å²) < 4.78 is 15.1. The maximum absolute atomic E-state index is 13.0. The van der Waals surface area contributed by atoms with Gasteiger partial charge in [-0.05, 0) is 41.1 Å². The normalized spacial score (nSPS) is 10.7. The highest BCUT2D eigenvalue weighted by molar-refractivity contribution is 9.10. The van der Waals surface area contributed by atoms with Gasteiger partial charge in [0.15, 0.2) is 5.82 Å². The molecule has 0 aliphatic carbocycles. The highest BCUT2D eigenvalue weighted by Gasteiger charge is 2.08. The number of halogens is 2. The highest BCUT2D eigenvalue weighted by atomic mass is 79.9. The third-order valence-electron chi connectivity index (χ3n) is 2.05. The number of aryl methyl sites for hydroxylation is 2. The van der Waals surface area contributed by atoms with E-state index in [4.69, 9.17) is 0 Å². The van der Waals surface area contributed by atoms with Gasteiger partial charge in [-0.25, -0.2) is 14.1 Å². The number of aromatic nitrogens is 3. The Hall–Kier alpha value is -1.23. The third-order valence-corrected chi connectivity index (χ3v) is 2.65. The van der Waals surface area contributed by atoms with E-state index in [0.29, 0.717) is 10.3 Å². The Balaban J connectivity index is 2.54. The molecule has 0 saturated carbocycles. The number of hydrogen-bond donors (Lipinski definition) is 0. The first-order valence-electron chi connectivity index (χ1n) is 4.41. The van der Waals surface area contributed by atoms with Crippen molar-refractivity contribution in [1.82, 2.24) is 14.8 Å². The van der Waals surface area contributed by atoms with Crippen molar-refractivity contribution in [3.8, 4) is 11.4 Å². The zero-order valence-corrected chi connectivity index (χ0v) is 9.92. The predicted octanol–water partition coefficient (Wildman–Crippen LogP) is 2.69. The van der Waals surface area contributed by atoms with E-state index < -0.39 is 0 Å². The Kier molecular flexibility index (Phi) is 2.56. The minimum atomic E-state index is -0.280. The molecule has 0 saturated heterocycles. The Morgan fingerprint density at radius 1 is 1.40 bits per heavy atom. The summed E-state index contributed by atoms with van der Waals surface area (Å²) in [5.41, 5.74) is 0.839. The molecule has 5 heteroatoms. The Bertz CT molecular complexity index is 507. The van der Waals surface area contributed by atoms with Crippen LogP contribution in [0.5, 0.6) is 0 Å². The summed E-state index contributed by atoms with van der Waals surface area (Å²) in [7, 11) is 1.81. The molecule has 78 valence electrons. The molecule has 0 fully saturated rings. The van der Waals surface area contributed by atoms with Gasteiger partial charge >= 0.3 is 0 Å². The Morgan fingerprint density at radius 3 is 2.67 bits per heavy atom. The molecule has 0 aliphatic rings. The largest absolute Gasteiger partial charge is 0.249 e. The molecule has 0 spiro atoms. The summed E-state index contributed by atoms with van der Waals surface area (Å²) in [5, 5.41) is 4.14. The summed E-state index contributed by atoms with van der Waals surface area (Å²) in [6.07, 6.45) is 0. The van der Waals surface area contributed by atoms with Crippen LogP contribution in [0.4, 0.5) is 4.39 Å². The fourth-order valence-corrected chi connectivity index (χ4v) is 1.78. The van der Waals surface area contributed by atoms with Crippen molar-refractivity contribution in [2.75, 3.05) is 0 Å². The van der Waals surface area contributed by atoms with Gasteiger partial charge in [0.25, 0.3) is 0 Å². The van der Waals surface area contributed by atoms with Crippen LogP contribution in [0.2, 0.25) is 0 Å². The summed E-state index contributed by atoms with van der Waals surface area (Å²) in [5.74, 6) is 1.15. The molecular formula is C10H9BrFN3. The summed E-state index contributed by atoms with van der Waals surface area (Å²) in [6.45, 7) is 1.82. The molecule has 0 N–H and O–H groups in total. The van der Waals surface area contributed by atoms with Crippen molar-refractivity contribution < 1.29 is 4.39 Å². The molecule has 0 aliphatic heterocycles. The smallest absolute Gasteiger partial charge is 0.158 e. The van der Waals surface area contributed by atoms with Crippen molar-refractivity contribution in [2.45, 2.75) is 6.92 Å². The standard InChI is InChI=1S/C10H9BrFN3/c1-6-13-10(15(2)14-6)7-3-4-9(12)8(11)5-7/h3-5H,1-2H3. The van der Waals surface area contributed by atoms with E-state index in [1.807, 2.05) is 14.0 Å². The van der Waals surface area contributed by atoms with E-state index in [1.54, 1.807) is 16.8 Å². The topological polar surface area (TPSA) is 30.7 Å². The molecule has 1 aromatic carbocycles. The van der Waals surface area contributed by atoms with Crippen LogP contribution < -0.4 is 0 Å². The lowest BCUT2D eigenvalue weighted by Gasteiger charge is -2.01. The third kappa shape index (κ3) is 1.92. The van der Waals surface area contributed by atoms with E-state index in [9.17, 15) is 4.39 Å². The Morgan fingerprint density at radius 2 is 2.13 bits per heavy atom. The van der Waals surface area contributed by atoms with E-state index in [1.165, 1.54) is 6.07 Å².